The summed E-state index contributed by atoms with van der Waals surface area (Å²) < 4.78 is 53.6. The number of nitrogens with zero attached hydrogens (tertiary/aromatic N) is 3. The summed E-state index contributed by atoms with van der Waals surface area (Å²) in [6.07, 6.45) is 0.738. The van der Waals surface area contributed by atoms with E-state index < -0.39 is 23.7 Å². The summed E-state index contributed by atoms with van der Waals surface area (Å²) in [6.45, 7) is 0.700. The Kier molecular flexibility index (Phi) is 9.99. The summed E-state index contributed by atoms with van der Waals surface area (Å²) >= 11 is 0. The molecule has 0 radical (unpaired) electrons. The lowest BCUT2D eigenvalue weighted by Gasteiger charge is -2.37. The fourth-order valence-electron chi connectivity index (χ4n) is 5.99. The topological polar surface area (TPSA) is 53.5 Å². The molecule has 5 nitrogen and oxygen atoms in total. The lowest BCUT2D eigenvalue weighted by Crippen LogP contribution is -2.52. The van der Waals surface area contributed by atoms with Gasteiger partial charge in [-0.05, 0) is 76.7 Å². The smallest absolute Gasteiger partial charge is 0.336 e. The molecule has 2 heterocycles. The number of hydrogen-bond acceptors (Lipinski definition) is 3. The van der Waals surface area contributed by atoms with Gasteiger partial charge >= 0.3 is 6.18 Å². The van der Waals surface area contributed by atoms with Crippen molar-refractivity contribution in [2.45, 2.75) is 38.1 Å². The normalized spacial score (nSPS) is 13.6. The van der Waals surface area contributed by atoms with Gasteiger partial charge in [-0.2, -0.15) is 13.2 Å². The molecule has 9 heteroatoms. The largest absolute Gasteiger partial charge is 0.416 e. The fourth-order valence-corrected chi connectivity index (χ4v) is 5.99. The number of halogens is 4. The van der Waals surface area contributed by atoms with E-state index in [4.69, 9.17) is 0 Å². The first-order valence-corrected chi connectivity index (χ1v) is 15.9. The Morgan fingerprint density at radius 1 is 0.837 bits per heavy atom. The number of pyridine rings is 1. The van der Waals surface area contributed by atoms with Crippen LogP contribution in [0.3, 0.4) is 0 Å². The van der Waals surface area contributed by atoms with E-state index >= 15 is 0 Å². The second-order valence-corrected chi connectivity index (χ2v) is 12.0. The average molecular weight is 664 g/mol. The van der Waals surface area contributed by atoms with Crippen molar-refractivity contribution in [3.8, 4) is 11.3 Å². The van der Waals surface area contributed by atoms with Crippen LogP contribution in [-0.2, 0) is 41.7 Å². The summed E-state index contributed by atoms with van der Waals surface area (Å²) in [4.78, 5) is 36.2. The van der Waals surface area contributed by atoms with Gasteiger partial charge in [-0.1, -0.05) is 78.9 Å². The van der Waals surface area contributed by atoms with Gasteiger partial charge < -0.3 is 9.80 Å². The molecule has 6 rings (SSSR count). The molecule has 0 bridgehead atoms. The first-order chi connectivity index (χ1) is 23.6. The van der Waals surface area contributed by atoms with E-state index in [0.29, 0.717) is 18.5 Å². The second-order valence-electron chi connectivity index (χ2n) is 12.0. The Morgan fingerprint density at radius 3 is 2.27 bits per heavy atom. The van der Waals surface area contributed by atoms with Crippen LogP contribution in [0.1, 0.15) is 33.4 Å². The minimum absolute atomic E-state index is 0.0843. The molecule has 5 aromatic rings. The molecule has 0 spiro atoms. The lowest BCUT2D eigenvalue weighted by atomic mass is 9.97. The molecule has 248 valence electrons. The van der Waals surface area contributed by atoms with Gasteiger partial charge in [0.1, 0.15) is 11.9 Å². The Morgan fingerprint density at radius 2 is 1.57 bits per heavy atom. The molecule has 1 aliphatic heterocycles. The Labute approximate surface area is 282 Å². The maximum absolute atomic E-state index is 14.5. The van der Waals surface area contributed by atoms with Crippen LogP contribution >= 0.6 is 0 Å². The van der Waals surface area contributed by atoms with Gasteiger partial charge in [0.05, 0.1) is 11.3 Å². The van der Waals surface area contributed by atoms with Crippen LogP contribution < -0.4 is 0 Å². The highest BCUT2D eigenvalue weighted by Crippen LogP contribution is 2.29. The number of carbonyl (C=O) groups excluding carboxylic acids is 2. The van der Waals surface area contributed by atoms with Crippen LogP contribution in [0.5, 0.6) is 0 Å². The average Bonchev–Trinajstić information content (AvgIpc) is 3.12. The van der Waals surface area contributed by atoms with Crippen molar-refractivity contribution in [2.75, 3.05) is 6.54 Å². The molecule has 0 N–H and O–H groups in total. The van der Waals surface area contributed by atoms with Crippen LogP contribution in [0.4, 0.5) is 17.6 Å². The number of fused-ring (bicyclic) bond motifs is 1. The van der Waals surface area contributed by atoms with Crippen molar-refractivity contribution in [1.82, 2.24) is 14.8 Å². The van der Waals surface area contributed by atoms with Crippen molar-refractivity contribution in [2.24, 2.45) is 0 Å². The van der Waals surface area contributed by atoms with E-state index in [1.165, 1.54) is 41.3 Å². The van der Waals surface area contributed by atoms with E-state index in [9.17, 15) is 27.2 Å². The lowest BCUT2D eigenvalue weighted by molar-refractivity contribution is -0.144. The van der Waals surface area contributed by atoms with Crippen LogP contribution in [0.2, 0.25) is 0 Å². The molecule has 0 fully saturated rings. The summed E-state index contributed by atoms with van der Waals surface area (Å²) in [5, 5.41) is 0. The molecule has 0 saturated carbocycles. The first kappa shape index (κ1) is 33.3. The fraction of sp³-hybridized carbons (Fsp3) is 0.175. The zero-order chi connectivity index (χ0) is 34.4. The van der Waals surface area contributed by atoms with Gasteiger partial charge in [-0.15, -0.1) is 0 Å². The maximum atomic E-state index is 14.5. The standard InChI is InChI=1S/C40H33F4N3O2/c41-35-19-16-31-21-23-46(27-33(31)25-35)39(49)37(24-29-6-2-1-3-7-29)47(26-30-9-14-32(15-10-30)36-8-4-5-22-45-36)38(48)20-13-28-11-17-34(18-12-28)40(42,43)44/h1-20,22,25,37H,21,23-24,26-27H2/t37-/m0/s1. The highest BCUT2D eigenvalue weighted by molar-refractivity contribution is 5.96. The van der Waals surface area contributed by atoms with E-state index in [0.717, 1.165) is 45.6 Å². The van der Waals surface area contributed by atoms with Crippen LogP contribution in [-0.4, -0.2) is 39.2 Å². The monoisotopic (exact) mass is 663 g/mol. The van der Waals surface area contributed by atoms with Gasteiger partial charge in [0, 0.05) is 43.9 Å². The highest BCUT2D eigenvalue weighted by atomic mass is 19.4. The van der Waals surface area contributed by atoms with Gasteiger partial charge in [-0.25, -0.2) is 4.39 Å². The van der Waals surface area contributed by atoms with Gasteiger partial charge in [0.15, 0.2) is 0 Å². The van der Waals surface area contributed by atoms with Crippen molar-refractivity contribution < 1.29 is 27.2 Å². The predicted octanol–water partition coefficient (Wildman–Crippen LogP) is 8.14. The van der Waals surface area contributed by atoms with Gasteiger partial charge in [0.2, 0.25) is 11.8 Å². The van der Waals surface area contributed by atoms with E-state index in [-0.39, 0.29) is 31.2 Å². The third-order valence-electron chi connectivity index (χ3n) is 8.63. The summed E-state index contributed by atoms with van der Waals surface area (Å²) in [5.41, 5.74) is 4.62. The van der Waals surface area contributed by atoms with Crippen molar-refractivity contribution in [3.05, 3.63) is 167 Å². The van der Waals surface area contributed by atoms with Crippen molar-refractivity contribution >= 4 is 17.9 Å². The number of aromatic nitrogens is 1. The zero-order valence-corrected chi connectivity index (χ0v) is 26.5. The Bertz CT molecular complexity index is 1930. The molecule has 49 heavy (non-hydrogen) atoms. The first-order valence-electron chi connectivity index (χ1n) is 15.9. The highest BCUT2D eigenvalue weighted by Gasteiger charge is 2.34. The molecular formula is C40H33F4N3O2. The minimum atomic E-state index is -4.48. The predicted molar refractivity (Wildman–Crippen MR) is 180 cm³/mol. The second kappa shape index (κ2) is 14.7. The van der Waals surface area contributed by atoms with Crippen molar-refractivity contribution in [1.29, 1.82) is 0 Å². The molecule has 0 unspecified atom stereocenters. The quantitative estimate of drug-likeness (QED) is 0.118. The third-order valence-corrected chi connectivity index (χ3v) is 8.63. The van der Waals surface area contributed by atoms with Crippen molar-refractivity contribution in [3.63, 3.8) is 0 Å². The molecule has 1 aromatic heterocycles. The molecule has 4 aromatic carbocycles. The number of carbonyl (C=O) groups is 2. The van der Waals surface area contributed by atoms with Gasteiger partial charge in [-0.3, -0.25) is 14.6 Å². The van der Waals surface area contributed by atoms with Crippen LogP contribution in [0.25, 0.3) is 17.3 Å². The Balaban J connectivity index is 1.34. The number of rotatable bonds is 9. The number of alkyl halides is 3. The van der Waals surface area contributed by atoms with Gasteiger partial charge in [0.25, 0.3) is 0 Å². The molecule has 1 atom stereocenters. The number of amides is 2. The molecular weight excluding hydrogens is 630 g/mol. The SMILES string of the molecule is O=C([C@H](Cc1ccccc1)N(Cc1ccc(-c2ccccn2)cc1)C(=O)C=Cc1ccc(C(F)(F)F)cc1)N1CCc2ccc(F)cc2C1. The zero-order valence-electron chi connectivity index (χ0n) is 26.5. The van der Waals surface area contributed by atoms with E-state index in [1.807, 2.05) is 72.8 Å². The Hall–Kier alpha value is -5.57. The number of benzene rings is 4. The summed E-state index contributed by atoms with van der Waals surface area (Å²) in [7, 11) is 0. The summed E-state index contributed by atoms with van der Waals surface area (Å²) in [6, 6.07) is 30.8. The molecule has 1 aliphatic rings. The minimum Gasteiger partial charge on any atom is -0.336 e. The van der Waals surface area contributed by atoms with E-state index in [2.05, 4.69) is 4.98 Å². The van der Waals surface area contributed by atoms with Crippen LogP contribution in [0, 0.1) is 5.82 Å². The van der Waals surface area contributed by atoms with E-state index in [1.54, 1.807) is 17.2 Å². The third kappa shape index (κ3) is 8.30. The maximum Gasteiger partial charge on any atom is 0.416 e. The molecule has 0 aliphatic carbocycles. The summed E-state index contributed by atoms with van der Waals surface area (Å²) in [5.74, 6) is -1.14. The number of hydrogen-bond donors (Lipinski definition) is 0. The molecule has 0 saturated heterocycles. The van der Waals surface area contributed by atoms with Crippen LogP contribution in [0.15, 0.2) is 128 Å². The molecule has 2 amide bonds.